The molecule has 5 nitrogen and oxygen atoms in total. The summed E-state index contributed by atoms with van der Waals surface area (Å²) in [5, 5.41) is 12.5. The van der Waals surface area contributed by atoms with Gasteiger partial charge >= 0.3 is 5.97 Å². The number of rotatable bonds is 5. The molecule has 0 spiro atoms. The first kappa shape index (κ1) is 13.0. The van der Waals surface area contributed by atoms with E-state index in [2.05, 4.69) is 10.3 Å². The molecule has 0 amide bonds. The minimum atomic E-state index is -1.12. The molecule has 5 heteroatoms. The Labute approximate surface area is 106 Å². The first-order chi connectivity index (χ1) is 8.63. The van der Waals surface area contributed by atoms with Crippen molar-refractivity contribution in [2.75, 3.05) is 13.2 Å². The van der Waals surface area contributed by atoms with Crippen molar-refractivity contribution in [3.63, 3.8) is 0 Å². The quantitative estimate of drug-likeness (QED) is 0.820. The zero-order chi connectivity index (χ0) is 13.0. The van der Waals surface area contributed by atoms with Crippen LogP contribution in [0.15, 0.2) is 24.5 Å². The summed E-state index contributed by atoms with van der Waals surface area (Å²) >= 11 is 0. The summed E-state index contributed by atoms with van der Waals surface area (Å²) in [7, 11) is 0. The number of pyridine rings is 1. The molecule has 98 valence electrons. The largest absolute Gasteiger partial charge is 0.480 e. The second-order valence-electron chi connectivity index (χ2n) is 4.69. The summed E-state index contributed by atoms with van der Waals surface area (Å²) in [4.78, 5) is 15.5. The fraction of sp³-hybridized carbons (Fsp3) is 0.538. The van der Waals surface area contributed by atoms with Crippen molar-refractivity contribution in [1.82, 2.24) is 10.3 Å². The van der Waals surface area contributed by atoms with Crippen molar-refractivity contribution < 1.29 is 14.6 Å². The number of nitrogens with one attached hydrogen (secondary N) is 1. The van der Waals surface area contributed by atoms with Crippen molar-refractivity contribution in [3.05, 3.63) is 30.1 Å². The molecule has 1 aliphatic heterocycles. The van der Waals surface area contributed by atoms with Gasteiger partial charge in [0.1, 0.15) is 5.54 Å². The molecule has 1 aromatic rings. The highest BCUT2D eigenvalue weighted by Crippen LogP contribution is 2.21. The molecule has 0 radical (unpaired) electrons. The minimum Gasteiger partial charge on any atom is -0.480 e. The zero-order valence-corrected chi connectivity index (χ0v) is 10.4. The van der Waals surface area contributed by atoms with Crippen LogP contribution in [0.3, 0.4) is 0 Å². The standard InChI is InChI=1S/C13H18N2O3/c1-13(12(16)17,10-4-2-6-14-8-10)15-9-11-5-3-7-18-11/h2,4,6,8,11,15H,3,5,7,9H2,1H3,(H,16,17). The highest BCUT2D eigenvalue weighted by atomic mass is 16.5. The lowest BCUT2D eigenvalue weighted by molar-refractivity contribution is -0.144. The summed E-state index contributed by atoms with van der Waals surface area (Å²) in [6.07, 6.45) is 5.35. The summed E-state index contributed by atoms with van der Waals surface area (Å²) in [5.41, 5.74) is -0.476. The molecule has 18 heavy (non-hydrogen) atoms. The lowest BCUT2D eigenvalue weighted by atomic mass is 9.93. The third kappa shape index (κ3) is 2.68. The van der Waals surface area contributed by atoms with Crippen molar-refractivity contribution in [2.45, 2.75) is 31.4 Å². The van der Waals surface area contributed by atoms with Gasteiger partial charge in [-0.15, -0.1) is 0 Å². The Bertz CT molecular complexity index is 404. The first-order valence-corrected chi connectivity index (χ1v) is 6.13. The Morgan fingerprint density at radius 2 is 2.56 bits per heavy atom. The van der Waals surface area contributed by atoms with E-state index in [0.29, 0.717) is 12.1 Å². The molecule has 2 unspecified atom stereocenters. The van der Waals surface area contributed by atoms with Crippen molar-refractivity contribution >= 4 is 5.97 Å². The van der Waals surface area contributed by atoms with E-state index < -0.39 is 11.5 Å². The van der Waals surface area contributed by atoms with Crippen molar-refractivity contribution in [2.24, 2.45) is 0 Å². The van der Waals surface area contributed by atoms with Gasteiger partial charge in [0.25, 0.3) is 0 Å². The van der Waals surface area contributed by atoms with Gasteiger partial charge in [-0.2, -0.15) is 0 Å². The van der Waals surface area contributed by atoms with E-state index in [9.17, 15) is 9.90 Å². The van der Waals surface area contributed by atoms with E-state index in [-0.39, 0.29) is 6.10 Å². The van der Waals surface area contributed by atoms with E-state index in [0.717, 1.165) is 19.4 Å². The first-order valence-electron chi connectivity index (χ1n) is 6.13. The molecule has 0 saturated carbocycles. The number of hydrogen-bond donors (Lipinski definition) is 2. The number of hydrogen-bond acceptors (Lipinski definition) is 4. The second kappa shape index (κ2) is 5.46. The molecule has 0 aliphatic carbocycles. The van der Waals surface area contributed by atoms with Crippen LogP contribution in [0.4, 0.5) is 0 Å². The third-order valence-corrected chi connectivity index (χ3v) is 3.37. The van der Waals surface area contributed by atoms with Crippen LogP contribution >= 0.6 is 0 Å². The predicted molar refractivity (Wildman–Crippen MR) is 66.2 cm³/mol. The molecule has 1 fully saturated rings. The number of carbonyl (C=O) groups is 1. The van der Waals surface area contributed by atoms with Crippen LogP contribution in [0.5, 0.6) is 0 Å². The Kier molecular flexibility index (Phi) is 3.93. The van der Waals surface area contributed by atoms with Crippen molar-refractivity contribution in [1.29, 1.82) is 0 Å². The maximum Gasteiger partial charge on any atom is 0.328 e. The number of aromatic nitrogens is 1. The highest BCUT2D eigenvalue weighted by Gasteiger charge is 2.35. The van der Waals surface area contributed by atoms with Gasteiger partial charge < -0.3 is 9.84 Å². The molecule has 2 heterocycles. The summed E-state index contributed by atoms with van der Waals surface area (Å²) in [5.74, 6) is -0.909. The van der Waals surface area contributed by atoms with Crippen LogP contribution < -0.4 is 5.32 Å². The molecule has 1 saturated heterocycles. The SMILES string of the molecule is CC(NCC1CCCO1)(C(=O)O)c1cccnc1. The van der Waals surface area contributed by atoms with Gasteiger partial charge in [-0.05, 0) is 25.8 Å². The van der Waals surface area contributed by atoms with Crippen LogP contribution in [0.2, 0.25) is 0 Å². The molecule has 2 N–H and O–H groups in total. The number of carboxylic acids is 1. The van der Waals surface area contributed by atoms with E-state index in [1.165, 1.54) is 0 Å². The van der Waals surface area contributed by atoms with Crippen molar-refractivity contribution in [3.8, 4) is 0 Å². The summed E-state index contributed by atoms with van der Waals surface area (Å²) in [6, 6.07) is 3.51. The fourth-order valence-electron chi connectivity index (χ4n) is 2.08. The summed E-state index contributed by atoms with van der Waals surface area (Å²) < 4.78 is 5.49. The van der Waals surface area contributed by atoms with Gasteiger partial charge in [0.15, 0.2) is 0 Å². The van der Waals surface area contributed by atoms with Gasteiger partial charge in [-0.25, -0.2) is 4.79 Å². The third-order valence-electron chi connectivity index (χ3n) is 3.37. The fourth-order valence-corrected chi connectivity index (χ4v) is 2.08. The number of aliphatic carboxylic acids is 1. The number of nitrogens with zero attached hydrogens (tertiary/aromatic N) is 1. The van der Waals surface area contributed by atoms with Crippen LogP contribution in [0.1, 0.15) is 25.3 Å². The maximum absolute atomic E-state index is 11.5. The molecule has 1 aromatic heterocycles. The molecule has 0 aromatic carbocycles. The normalized spacial score (nSPS) is 22.6. The molecule has 2 atom stereocenters. The van der Waals surface area contributed by atoms with Gasteiger partial charge in [-0.1, -0.05) is 6.07 Å². The predicted octanol–water partition coefficient (Wildman–Crippen LogP) is 1.15. The average Bonchev–Trinajstić information content (AvgIpc) is 2.90. The average molecular weight is 250 g/mol. The smallest absolute Gasteiger partial charge is 0.328 e. The van der Waals surface area contributed by atoms with Gasteiger partial charge in [-0.3, -0.25) is 10.3 Å². The molecular formula is C13H18N2O3. The molecular weight excluding hydrogens is 232 g/mol. The number of ether oxygens (including phenoxy) is 1. The van der Waals surface area contributed by atoms with Crippen LogP contribution in [-0.4, -0.2) is 35.3 Å². The Morgan fingerprint density at radius 3 is 3.11 bits per heavy atom. The molecule has 2 rings (SSSR count). The Morgan fingerprint density at radius 1 is 1.72 bits per heavy atom. The minimum absolute atomic E-state index is 0.111. The summed E-state index contributed by atoms with van der Waals surface area (Å²) in [6.45, 7) is 2.96. The van der Waals surface area contributed by atoms with E-state index in [4.69, 9.17) is 4.74 Å². The lowest BCUT2D eigenvalue weighted by Gasteiger charge is -2.27. The maximum atomic E-state index is 11.5. The lowest BCUT2D eigenvalue weighted by Crippen LogP contribution is -2.49. The molecule has 0 bridgehead atoms. The van der Waals surface area contributed by atoms with Gasteiger partial charge in [0.05, 0.1) is 6.10 Å². The van der Waals surface area contributed by atoms with Crippen LogP contribution in [0.25, 0.3) is 0 Å². The Balaban J connectivity index is 2.09. The number of carboxylic acid groups (broad SMARTS) is 1. The van der Waals surface area contributed by atoms with Gasteiger partial charge in [0.2, 0.25) is 0 Å². The van der Waals surface area contributed by atoms with Crippen LogP contribution in [-0.2, 0) is 15.1 Å². The van der Waals surface area contributed by atoms with E-state index in [1.54, 1.807) is 31.5 Å². The van der Waals surface area contributed by atoms with Crippen LogP contribution in [0, 0.1) is 0 Å². The molecule has 1 aliphatic rings. The van der Waals surface area contributed by atoms with Gasteiger partial charge in [0, 0.05) is 31.1 Å². The zero-order valence-electron chi connectivity index (χ0n) is 10.4. The monoisotopic (exact) mass is 250 g/mol. The van der Waals surface area contributed by atoms with E-state index >= 15 is 0 Å². The Hall–Kier alpha value is -1.46. The topological polar surface area (TPSA) is 71.5 Å². The van der Waals surface area contributed by atoms with E-state index in [1.807, 2.05) is 0 Å². The second-order valence-corrected chi connectivity index (χ2v) is 4.69. The highest BCUT2D eigenvalue weighted by molar-refractivity contribution is 5.80.